The first-order valence-corrected chi connectivity index (χ1v) is 13.6. The minimum Gasteiger partial charge on any atom is -0.493 e. The van der Waals surface area contributed by atoms with Crippen molar-refractivity contribution >= 4 is 41.7 Å². The highest BCUT2D eigenvalue weighted by Crippen LogP contribution is 2.34. The third-order valence-corrected chi connectivity index (χ3v) is 6.64. The molecule has 0 saturated carbocycles. The highest BCUT2D eigenvalue weighted by molar-refractivity contribution is 6.33. The molecule has 0 fully saturated rings. The number of allylic oxidation sites excluding steroid dienone is 1. The van der Waals surface area contributed by atoms with E-state index in [2.05, 4.69) is 21.2 Å². The predicted octanol–water partition coefficient (Wildman–Crippen LogP) is 4.12. The number of amides is 3. The van der Waals surface area contributed by atoms with E-state index in [0.717, 1.165) is 0 Å². The van der Waals surface area contributed by atoms with Crippen molar-refractivity contribution < 1.29 is 42.5 Å². The van der Waals surface area contributed by atoms with Crippen LogP contribution in [0, 0.1) is 0 Å². The summed E-state index contributed by atoms with van der Waals surface area (Å²) in [7, 11) is 2.68. The zero-order valence-electron chi connectivity index (χ0n) is 24.2. The third-order valence-electron chi connectivity index (χ3n) is 6.31. The molecular formula is C30H29ClN4O9. The predicted molar refractivity (Wildman–Crippen MR) is 158 cm³/mol. The Labute approximate surface area is 257 Å². The lowest BCUT2D eigenvalue weighted by atomic mass is 9.95. The average molecular weight is 625 g/mol. The molecule has 2 heterocycles. The molecule has 44 heavy (non-hydrogen) atoms. The summed E-state index contributed by atoms with van der Waals surface area (Å²) >= 11 is 6.07. The van der Waals surface area contributed by atoms with Crippen molar-refractivity contribution in [1.82, 2.24) is 16.1 Å². The summed E-state index contributed by atoms with van der Waals surface area (Å²) in [6.45, 7) is 3.08. The number of hydrogen-bond acceptors (Lipinski definition) is 10. The number of hydrogen-bond donors (Lipinski definition) is 3. The molecule has 1 atom stereocenters. The molecule has 1 aliphatic rings. The minimum absolute atomic E-state index is 0.170. The van der Waals surface area contributed by atoms with E-state index in [9.17, 15) is 19.2 Å². The van der Waals surface area contributed by atoms with Gasteiger partial charge in [-0.25, -0.2) is 19.8 Å². The van der Waals surface area contributed by atoms with Crippen molar-refractivity contribution in [2.45, 2.75) is 19.9 Å². The van der Waals surface area contributed by atoms with Crippen LogP contribution in [-0.2, 0) is 19.1 Å². The van der Waals surface area contributed by atoms with Crippen molar-refractivity contribution in [2.24, 2.45) is 5.10 Å². The van der Waals surface area contributed by atoms with E-state index in [1.54, 1.807) is 62.4 Å². The van der Waals surface area contributed by atoms with Gasteiger partial charge in [0, 0.05) is 11.3 Å². The second-order valence-electron chi connectivity index (χ2n) is 9.17. The van der Waals surface area contributed by atoms with Crippen molar-refractivity contribution in [3.05, 3.63) is 81.7 Å². The summed E-state index contributed by atoms with van der Waals surface area (Å²) < 4.78 is 26.7. The lowest BCUT2D eigenvalue weighted by Crippen LogP contribution is -2.45. The molecule has 3 amide bonds. The van der Waals surface area contributed by atoms with E-state index in [-0.39, 0.29) is 34.3 Å². The maximum atomic E-state index is 12.6. The van der Waals surface area contributed by atoms with Gasteiger partial charge in [-0.15, -0.1) is 0 Å². The number of nitrogens with zero attached hydrogens (tertiary/aromatic N) is 1. The second kappa shape index (κ2) is 14.2. The smallest absolute Gasteiger partial charge is 0.339 e. The van der Waals surface area contributed by atoms with Crippen molar-refractivity contribution in [2.75, 3.05) is 27.4 Å². The molecule has 2 aromatic carbocycles. The van der Waals surface area contributed by atoms with E-state index in [1.807, 2.05) is 0 Å². The Morgan fingerprint density at radius 1 is 1.07 bits per heavy atom. The standard InChI is InChI=1S/C30H29ClN4O9/c1-5-42-29(38)26-16(2)33-30(39)34-27(26)18-7-10-23(24(13-18)40-3)43-15-25(36)35-32-14-19-8-11-22(44-19)17-6-9-21(31)20(12-17)28(37)41-4/h6-14,27H,5,15H2,1-4H3,(H,35,36)(H2,33,34,39)/b32-14-/t27-/m1/s1. The molecule has 1 aliphatic heterocycles. The normalized spacial score (nSPS) is 14.5. The molecule has 230 valence electrons. The van der Waals surface area contributed by atoms with E-state index in [4.69, 9.17) is 35.0 Å². The first-order chi connectivity index (χ1) is 21.1. The van der Waals surface area contributed by atoms with Crippen LogP contribution in [0.25, 0.3) is 11.3 Å². The Balaban J connectivity index is 1.38. The summed E-state index contributed by atoms with van der Waals surface area (Å²) in [5.41, 5.74) is 4.30. The van der Waals surface area contributed by atoms with Crippen LogP contribution >= 0.6 is 11.6 Å². The number of halogens is 1. The molecule has 4 rings (SSSR count). The Hall–Kier alpha value is -5.30. The fourth-order valence-electron chi connectivity index (χ4n) is 4.27. The highest BCUT2D eigenvalue weighted by atomic mass is 35.5. The van der Waals surface area contributed by atoms with E-state index in [0.29, 0.717) is 28.3 Å². The molecule has 3 aromatic rings. The summed E-state index contributed by atoms with van der Waals surface area (Å²) in [5, 5.41) is 9.43. The van der Waals surface area contributed by atoms with E-state index < -0.39 is 36.5 Å². The monoisotopic (exact) mass is 624 g/mol. The summed E-state index contributed by atoms with van der Waals surface area (Å²) in [6.07, 6.45) is 1.30. The number of methoxy groups -OCH3 is 2. The van der Waals surface area contributed by atoms with E-state index in [1.165, 1.54) is 20.4 Å². The molecule has 0 unspecified atom stereocenters. The van der Waals surface area contributed by atoms with Gasteiger partial charge in [-0.3, -0.25) is 4.79 Å². The molecule has 0 spiro atoms. The molecule has 0 bridgehead atoms. The zero-order valence-corrected chi connectivity index (χ0v) is 24.9. The largest absolute Gasteiger partial charge is 0.493 e. The lowest BCUT2D eigenvalue weighted by molar-refractivity contribution is -0.139. The summed E-state index contributed by atoms with van der Waals surface area (Å²) in [6, 6.07) is 11.6. The zero-order chi connectivity index (χ0) is 31.8. The van der Waals surface area contributed by atoms with Crippen molar-refractivity contribution in [3.63, 3.8) is 0 Å². The molecule has 0 aliphatic carbocycles. The molecule has 3 N–H and O–H groups in total. The fourth-order valence-corrected chi connectivity index (χ4v) is 4.47. The Bertz CT molecular complexity index is 1650. The van der Waals surface area contributed by atoms with Crippen molar-refractivity contribution in [3.8, 4) is 22.8 Å². The molecule has 14 heteroatoms. The van der Waals surface area contributed by atoms with Gasteiger partial charge in [0.25, 0.3) is 5.91 Å². The number of furan rings is 1. The number of rotatable bonds is 11. The van der Waals surface area contributed by atoms with Crippen LogP contribution in [0.4, 0.5) is 4.79 Å². The van der Waals surface area contributed by atoms with Crippen LogP contribution in [0.5, 0.6) is 11.5 Å². The number of benzene rings is 2. The highest BCUT2D eigenvalue weighted by Gasteiger charge is 2.32. The maximum Gasteiger partial charge on any atom is 0.339 e. The topological polar surface area (TPSA) is 167 Å². The number of ether oxygens (including phenoxy) is 4. The van der Waals surface area contributed by atoms with Crippen LogP contribution in [0.1, 0.15) is 41.6 Å². The first-order valence-electron chi connectivity index (χ1n) is 13.2. The quantitative estimate of drug-likeness (QED) is 0.162. The van der Waals surface area contributed by atoms with Crippen LogP contribution in [-0.4, -0.2) is 57.5 Å². The van der Waals surface area contributed by atoms with E-state index >= 15 is 0 Å². The van der Waals surface area contributed by atoms with Gasteiger partial charge in [-0.2, -0.15) is 5.10 Å². The Kier molecular flexibility index (Phi) is 10.2. The maximum absolute atomic E-state index is 12.6. The van der Waals surface area contributed by atoms with Gasteiger partial charge in [0.2, 0.25) is 0 Å². The Morgan fingerprint density at radius 2 is 1.86 bits per heavy atom. The van der Waals surface area contributed by atoms with Gasteiger partial charge in [-0.05, 0) is 61.9 Å². The van der Waals surface area contributed by atoms with Crippen LogP contribution in [0.2, 0.25) is 5.02 Å². The van der Waals surface area contributed by atoms with Gasteiger partial charge in [0.1, 0.15) is 11.5 Å². The number of nitrogens with one attached hydrogen (secondary N) is 3. The second-order valence-corrected chi connectivity index (χ2v) is 9.58. The fraction of sp³-hybridized carbons (Fsp3) is 0.233. The summed E-state index contributed by atoms with van der Waals surface area (Å²) in [5.74, 6) is -0.399. The number of carbonyl (C=O) groups excluding carboxylic acids is 4. The molecular weight excluding hydrogens is 596 g/mol. The number of carbonyl (C=O) groups is 4. The number of urea groups is 1. The summed E-state index contributed by atoms with van der Waals surface area (Å²) in [4.78, 5) is 49.0. The van der Waals surface area contributed by atoms with Gasteiger partial charge in [-0.1, -0.05) is 17.7 Å². The van der Waals surface area contributed by atoms with Crippen LogP contribution in [0.15, 0.2) is 69.3 Å². The first kappa shape index (κ1) is 31.6. The number of esters is 2. The molecule has 1 aromatic heterocycles. The third kappa shape index (κ3) is 7.36. The van der Waals surface area contributed by atoms with Gasteiger partial charge >= 0.3 is 18.0 Å². The van der Waals surface area contributed by atoms with Gasteiger partial charge in [0.15, 0.2) is 18.1 Å². The molecule has 13 nitrogen and oxygen atoms in total. The Morgan fingerprint density at radius 3 is 2.59 bits per heavy atom. The number of hydrazone groups is 1. The van der Waals surface area contributed by atoms with Gasteiger partial charge in [0.05, 0.1) is 49.2 Å². The minimum atomic E-state index is -0.792. The van der Waals surface area contributed by atoms with Crippen molar-refractivity contribution in [1.29, 1.82) is 0 Å². The van der Waals surface area contributed by atoms with Gasteiger partial charge < -0.3 is 34.0 Å². The van der Waals surface area contributed by atoms with Crippen LogP contribution < -0.4 is 25.5 Å². The molecule has 0 saturated heterocycles. The SMILES string of the molecule is CCOC(=O)C1=C(C)NC(=O)N[C@@H]1c1ccc(OCC(=O)N/N=C\c2ccc(-c3ccc(Cl)c(C(=O)OC)c3)o2)c(OC)c1. The average Bonchev–Trinajstić information content (AvgIpc) is 3.48. The lowest BCUT2D eigenvalue weighted by Gasteiger charge is -2.28. The molecule has 0 radical (unpaired) electrons. The van der Waals surface area contributed by atoms with Crippen LogP contribution in [0.3, 0.4) is 0 Å².